The van der Waals surface area contributed by atoms with E-state index in [1.807, 2.05) is 51.1 Å². The Morgan fingerprint density at radius 2 is 1.80 bits per heavy atom. The molecule has 4 rings (SSSR count). The van der Waals surface area contributed by atoms with Gasteiger partial charge in [0.2, 0.25) is 0 Å². The van der Waals surface area contributed by atoms with Crippen LogP contribution in [0.5, 0.6) is 5.75 Å². The molecule has 0 aromatic heterocycles. The van der Waals surface area contributed by atoms with Gasteiger partial charge in [0.05, 0.1) is 0 Å². The van der Waals surface area contributed by atoms with Gasteiger partial charge in [-0.05, 0) is 0 Å². The molecule has 1 heterocycles. The number of ether oxygens (including phenoxy) is 1. The number of rotatable bonds is 5. The number of halogens is 1. The fourth-order valence-electron chi connectivity index (χ4n) is 5.22. The zero-order valence-electron chi connectivity index (χ0n) is 24.4. The SMILES string of the molecule is [B]=C1N[C@H](C(C)C)C(=O)N[C@@H](CC2CC2)C(=O)NCCCc2ccccc2OC[C@H](C)N[C@@H]1Cc1cccc(F)c1. The third-order valence-corrected chi connectivity index (χ3v) is 7.74. The molecule has 1 fully saturated rings. The second-order valence-corrected chi connectivity index (χ2v) is 11.8. The molecule has 7 nitrogen and oxygen atoms in total. The number of carbonyl (C=O) groups excluding carboxylic acids is 2. The first kappa shape index (κ1) is 30.8. The van der Waals surface area contributed by atoms with Crippen LogP contribution in [-0.4, -0.2) is 62.2 Å². The number of hydrogen-bond acceptors (Lipinski definition) is 5. The van der Waals surface area contributed by atoms with Crippen molar-refractivity contribution >= 4 is 24.9 Å². The molecule has 4 atom stereocenters. The Kier molecular flexibility index (Phi) is 11.0. The van der Waals surface area contributed by atoms with Gasteiger partial charge in [-0.2, -0.15) is 0 Å². The fraction of sp³-hybridized carbons (Fsp3) is 0.531. The number of carbonyl (C=O) groups is 2. The number of para-hydroxylation sites is 1. The maximum atomic E-state index is 14.0. The van der Waals surface area contributed by atoms with Crippen LogP contribution < -0.4 is 26.0 Å². The van der Waals surface area contributed by atoms with Crippen LogP contribution in [0.15, 0.2) is 48.5 Å². The van der Waals surface area contributed by atoms with Crippen molar-refractivity contribution < 1.29 is 18.7 Å². The summed E-state index contributed by atoms with van der Waals surface area (Å²) in [6, 6.07) is 12.6. The van der Waals surface area contributed by atoms with Gasteiger partial charge in [0.25, 0.3) is 0 Å². The van der Waals surface area contributed by atoms with Crippen LogP contribution in [-0.2, 0) is 22.4 Å². The third-order valence-electron chi connectivity index (χ3n) is 7.74. The van der Waals surface area contributed by atoms with E-state index in [9.17, 15) is 14.0 Å². The molecule has 1 saturated carbocycles. The van der Waals surface area contributed by atoms with E-state index in [0.717, 1.165) is 42.6 Å². The first-order chi connectivity index (χ1) is 19.7. The Morgan fingerprint density at radius 1 is 1.02 bits per heavy atom. The van der Waals surface area contributed by atoms with Gasteiger partial charge in [0, 0.05) is 0 Å². The number of nitrogens with one attached hydrogen (secondary N) is 4. The molecule has 2 aliphatic rings. The summed E-state index contributed by atoms with van der Waals surface area (Å²) in [7, 11) is 6.65. The average molecular weight is 562 g/mol. The van der Waals surface area contributed by atoms with Gasteiger partial charge >= 0.3 is 245 Å². The number of fused-ring (bicyclic) bond motifs is 1. The van der Waals surface area contributed by atoms with Gasteiger partial charge < -0.3 is 0 Å². The Hall–Kier alpha value is -3.20. The van der Waals surface area contributed by atoms with E-state index in [0.29, 0.717) is 37.5 Å². The van der Waals surface area contributed by atoms with Gasteiger partial charge in [-0.1, -0.05) is 0 Å². The molecule has 219 valence electrons. The molecule has 9 heteroatoms. The van der Waals surface area contributed by atoms with Gasteiger partial charge in [-0.3, -0.25) is 0 Å². The molecule has 0 bridgehead atoms. The summed E-state index contributed by atoms with van der Waals surface area (Å²) in [5, 5.41) is 12.8. The van der Waals surface area contributed by atoms with Gasteiger partial charge in [-0.25, -0.2) is 0 Å². The molecular weight excluding hydrogens is 518 g/mol. The van der Waals surface area contributed by atoms with Crippen LogP contribution in [0.2, 0.25) is 0 Å². The topological polar surface area (TPSA) is 91.5 Å². The number of aryl methyl sites for hydroxylation is 1. The standard InChI is InChI=1S/C32H43BFN4O3/c1-20(2)29-32(40)37-27(17-22-13-14-22)31(39)35-15-7-10-24-9-4-5-12-28(24)41-19-21(3)36-26(30(33)38-29)18-23-8-6-11-25(34)16-23/h4-6,8-9,11-12,16,20-22,26-27,29,36,38H,7,10,13-15,17-19H2,1-3H3,(H,35,39)(H,37,40)/t21-,26+,27-,29+/m0/s1. The predicted octanol–water partition coefficient (Wildman–Crippen LogP) is 3.05. The summed E-state index contributed by atoms with van der Waals surface area (Å²) in [6.07, 6.45) is 4.70. The minimum atomic E-state index is -0.654. The average Bonchev–Trinajstić information content (AvgIpc) is 3.76. The zero-order chi connectivity index (χ0) is 29.4. The van der Waals surface area contributed by atoms with E-state index in [-0.39, 0.29) is 29.6 Å². The van der Waals surface area contributed by atoms with Crippen molar-refractivity contribution in [3.8, 4) is 5.75 Å². The molecule has 2 amide bonds. The summed E-state index contributed by atoms with van der Waals surface area (Å²) >= 11 is 0. The molecule has 1 radical (unpaired) electrons. The van der Waals surface area contributed by atoms with Crippen LogP contribution >= 0.6 is 0 Å². The van der Waals surface area contributed by atoms with Crippen molar-refractivity contribution in [1.29, 1.82) is 0 Å². The first-order valence-electron chi connectivity index (χ1n) is 14.9. The van der Waals surface area contributed by atoms with E-state index < -0.39 is 18.1 Å². The Balaban J connectivity index is 1.59. The fourth-order valence-corrected chi connectivity index (χ4v) is 5.22. The molecule has 1 aliphatic carbocycles. The molecule has 0 spiro atoms. The minimum absolute atomic E-state index is 0.101. The molecule has 2 aromatic carbocycles. The second kappa shape index (κ2) is 14.6. The second-order valence-electron chi connectivity index (χ2n) is 11.8. The Morgan fingerprint density at radius 3 is 2.54 bits per heavy atom. The Labute approximate surface area is 244 Å². The van der Waals surface area contributed by atoms with Crippen molar-refractivity contribution in [1.82, 2.24) is 21.3 Å². The van der Waals surface area contributed by atoms with E-state index >= 15 is 0 Å². The van der Waals surface area contributed by atoms with E-state index in [1.165, 1.54) is 12.1 Å². The van der Waals surface area contributed by atoms with Gasteiger partial charge in [0.1, 0.15) is 0 Å². The zero-order valence-corrected chi connectivity index (χ0v) is 24.4. The number of hydrogen-bond donors (Lipinski definition) is 4. The van der Waals surface area contributed by atoms with Crippen molar-refractivity contribution in [3.05, 3.63) is 65.5 Å². The van der Waals surface area contributed by atoms with E-state index in [2.05, 4.69) is 21.3 Å². The van der Waals surface area contributed by atoms with Crippen LogP contribution in [0.3, 0.4) is 0 Å². The molecule has 41 heavy (non-hydrogen) atoms. The molecular formula is C32H43BFN4O3. The van der Waals surface area contributed by atoms with Crippen molar-refractivity contribution in [2.45, 2.75) is 83.5 Å². The van der Waals surface area contributed by atoms with Crippen molar-refractivity contribution in [3.63, 3.8) is 0 Å². The summed E-state index contributed by atoms with van der Waals surface area (Å²) in [6.45, 7) is 6.79. The van der Waals surface area contributed by atoms with Gasteiger partial charge in [-0.15, -0.1) is 0 Å². The monoisotopic (exact) mass is 561 g/mol. The van der Waals surface area contributed by atoms with Crippen molar-refractivity contribution in [2.75, 3.05) is 13.2 Å². The van der Waals surface area contributed by atoms with Gasteiger partial charge in [0.15, 0.2) is 0 Å². The quantitative estimate of drug-likeness (QED) is 0.422. The molecule has 0 saturated heterocycles. The maximum absolute atomic E-state index is 14.0. The molecule has 0 unspecified atom stereocenters. The third kappa shape index (κ3) is 9.42. The van der Waals surface area contributed by atoms with Crippen LogP contribution in [0, 0.1) is 17.7 Å². The Bertz CT molecular complexity index is 1200. The normalized spacial score (nSPS) is 25.1. The summed E-state index contributed by atoms with van der Waals surface area (Å²) in [5.41, 5.74) is 2.22. The number of benzene rings is 2. The van der Waals surface area contributed by atoms with Crippen LogP contribution in [0.25, 0.3) is 0 Å². The molecule has 1 aliphatic heterocycles. The summed E-state index contributed by atoms with van der Waals surface area (Å²) in [4.78, 5) is 26.7. The first-order valence-corrected chi connectivity index (χ1v) is 14.9. The predicted molar refractivity (Wildman–Crippen MR) is 162 cm³/mol. The summed E-state index contributed by atoms with van der Waals surface area (Å²) < 4.78 is 20.2. The van der Waals surface area contributed by atoms with Crippen LogP contribution in [0.1, 0.15) is 57.6 Å². The van der Waals surface area contributed by atoms with E-state index in [4.69, 9.17) is 12.2 Å². The van der Waals surface area contributed by atoms with E-state index in [1.54, 1.807) is 6.07 Å². The molecule has 2 aromatic rings. The van der Waals surface area contributed by atoms with Crippen molar-refractivity contribution in [2.24, 2.45) is 11.8 Å². The summed E-state index contributed by atoms with van der Waals surface area (Å²) in [5.74, 6) is 0.424. The van der Waals surface area contributed by atoms with Crippen LogP contribution in [0.4, 0.5) is 4.39 Å². The molecule has 4 N–H and O–H groups in total. The number of amides is 2.